The lowest BCUT2D eigenvalue weighted by atomic mass is 9.64. The van der Waals surface area contributed by atoms with Crippen LogP contribution in [0.3, 0.4) is 0 Å². The van der Waals surface area contributed by atoms with Gasteiger partial charge in [-0.15, -0.1) is 0 Å². The second-order valence-electron chi connectivity index (χ2n) is 10.6. The normalized spacial score (nSPS) is 20.0. The summed E-state index contributed by atoms with van der Waals surface area (Å²) in [6.45, 7) is 11.0. The molecule has 4 nitrogen and oxygen atoms in total. The molecule has 1 saturated carbocycles. The lowest BCUT2D eigenvalue weighted by molar-refractivity contribution is -0.295. The van der Waals surface area contributed by atoms with Crippen molar-refractivity contribution in [1.82, 2.24) is 0 Å². The van der Waals surface area contributed by atoms with E-state index in [1.807, 2.05) is 34.6 Å². The highest BCUT2D eigenvalue weighted by molar-refractivity contribution is 5.79. The fourth-order valence-corrected chi connectivity index (χ4v) is 4.40. The number of ether oxygens (including phenoxy) is 2. The largest absolute Gasteiger partial charge is 0.459 e. The first-order valence-electron chi connectivity index (χ1n) is 11.2. The van der Waals surface area contributed by atoms with Crippen LogP contribution in [0.5, 0.6) is 0 Å². The summed E-state index contributed by atoms with van der Waals surface area (Å²) in [6.07, 6.45) is -3.27. The predicted octanol–water partition coefficient (Wildman–Crippen LogP) is 6.71. The molecule has 0 radical (unpaired) electrons. The molecule has 32 heavy (non-hydrogen) atoms. The topological polar surface area (TPSA) is 52.6 Å². The molecule has 188 valence electrons. The standard InChI is InChI=1S/C23H37F5O4/c1-8-16(17(29)31-14-22(24,25)23(26,27)28)21(11-9-10-12-21)32-18(30)20(7,13-15(2)3)19(4,5)6/h15-16H,8-14H2,1-7H3. The number of rotatable bonds is 9. The second kappa shape index (κ2) is 9.84. The first-order chi connectivity index (χ1) is 14.3. The third-order valence-corrected chi connectivity index (χ3v) is 6.81. The van der Waals surface area contributed by atoms with Crippen molar-refractivity contribution in [3.8, 4) is 0 Å². The lowest BCUT2D eigenvalue weighted by Gasteiger charge is -2.44. The Kier molecular flexibility index (Phi) is 8.80. The number of esters is 2. The van der Waals surface area contributed by atoms with Crippen molar-refractivity contribution in [2.45, 2.75) is 105 Å². The molecule has 0 aromatic carbocycles. The molecule has 1 aliphatic carbocycles. The van der Waals surface area contributed by atoms with E-state index in [1.165, 1.54) is 0 Å². The van der Waals surface area contributed by atoms with Crippen LogP contribution in [0.15, 0.2) is 0 Å². The molecule has 0 saturated heterocycles. The second-order valence-corrected chi connectivity index (χ2v) is 10.6. The molecule has 1 rings (SSSR count). The number of hydrogen-bond acceptors (Lipinski definition) is 4. The minimum atomic E-state index is -5.82. The Morgan fingerprint density at radius 1 is 0.969 bits per heavy atom. The van der Waals surface area contributed by atoms with Gasteiger partial charge in [0.1, 0.15) is 5.60 Å². The molecule has 2 atom stereocenters. The number of carbonyl (C=O) groups excluding carboxylic acids is 2. The van der Waals surface area contributed by atoms with Gasteiger partial charge >= 0.3 is 24.0 Å². The highest BCUT2D eigenvalue weighted by Gasteiger charge is 2.59. The third-order valence-electron chi connectivity index (χ3n) is 6.81. The molecule has 0 aromatic rings. The van der Waals surface area contributed by atoms with Crippen LogP contribution in [0.1, 0.15) is 87.0 Å². The van der Waals surface area contributed by atoms with Crippen LogP contribution < -0.4 is 0 Å². The van der Waals surface area contributed by atoms with Crippen molar-refractivity contribution in [2.75, 3.05) is 6.61 Å². The van der Waals surface area contributed by atoms with Gasteiger partial charge in [0.2, 0.25) is 0 Å². The Hall–Kier alpha value is -1.41. The van der Waals surface area contributed by atoms with Crippen molar-refractivity contribution < 1.29 is 41.0 Å². The van der Waals surface area contributed by atoms with Crippen LogP contribution in [-0.4, -0.2) is 36.2 Å². The van der Waals surface area contributed by atoms with Crippen molar-refractivity contribution in [1.29, 1.82) is 0 Å². The Labute approximate surface area is 187 Å². The lowest BCUT2D eigenvalue weighted by Crippen LogP contribution is -2.51. The Bertz CT molecular complexity index is 660. The molecule has 0 N–H and O–H groups in total. The Morgan fingerprint density at radius 2 is 1.47 bits per heavy atom. The Morgan fingerprint density at radius 3 is 1.84 bits per heavy atom. The number of halogens is 5. The summed E-state index contributed by atoms with van der Waals surface area (Å²) in [5.41, 5.74) is -2.63. The third kappa shape index (κ3) is 6.13. The van der Waals surface area contributed by atoms with Gasteiger partial charge in [-0.25, -0.2) is 0 Å². The van der Waals surface area contributed by atoms with E-state index in [4.69, 9.17) is 4.74 Å². The quantitative estimate of drug-likeness (QED) is 0.277. The van der Waals surface area contributed by atoms with E-state index in [0.717, 1.165) is 0 Å². The van der Waals surface area contributed by atoms with Gasteiger partial charge in [-0.2, -0.15) is 22.0 Å². The summed E-state index contributed by atoms with van der Waals surface area (Å²) in [5.74, 6) is -7.79. The molecular weight excluding hydrogens is 435 g/mol. The minimum absolute atomic E-state index is 0.0834. The number of alkyl halides is 5. The molecular formula is C23H37F5O4. The predicted molar refractivity (Wildman–Crippen MR) is 110 cm³/mol. The zero-order valence-electron chi connectivity index (χ0n) is 20.1. The molecule has 0 spiro atoms. The van der Waals surface area contributed by atoms with Gasteiger partial charge in [0.25, 0.3) is 0 Å². The molecule has 0 aliphatic heterocycles. The maximum atomic E-state index is 13.5. The van der Waals surface area contributed by atoms with Crippen LogP contribution in [-0.2, 0) is 19.1 Å². The summed E-state index contributed by atoms with van der Waals surface area (Å²) in [7, 11) is 0. The van der Waals surface area contributed by atoms with Gasteiger partial charge < -0.3 is 9.47 Å². The molecule has 0 bridgehead atoms. The molecule has 1 aliphatic rings. The maximum absolute atomic E-state index is 13.5. The van der Waals surface area contributed by atoms with Crippen molar-refractivity contribution >= 4 is 11.9 Å². The van der Waals surface area contributed by atoms with Crippen LogP contribution in [0.4, 0.5) is 22.0 Å². The fraction of sp³-hybridized carbons (Fsp3) is 0.913. The number of carbonyl (C=O) groups is 2. The van der Waals surface area contributed by atoms with Gasteiger partial charge in [0.15, 0.2) is 6.61 Å². The molecule has 0 aromatic heterocycles. The zero-order chi connectivity index (χ0) is 25.2. The highest BCUT2D eigenvalue weighted by Crippen LogP contribution is 2.49. The summed E-state index contributed by atoms with van der Waals surface area (Å²) in [6, 6.07) is 0. The van der Waals surface area contributed by atoms with E-state index in [1.54, 1.807) is 13.8 Å². The average molecular weight is 473 g/mol. The summed E-state index contributed by atoms with van der Waals surface area (Å²) >= 11 is 0. The smallest absolute Gasteiger partial charge is 0.456 e. The van der Waals surface area contributed by atoms with Gasteiger partial charge in [-0.05, 0) is 56.8 Å². The molecule has 2 unspecified atom stereocenters. The van der Waals surface area contributed by atoms with Gasteiger partial charge in [-0.3, -0.25) is 9.59 Å². The van der Waals surface area contributed by atoms with Gasteiger partial charge in [0, 0.05) is 0 Å². The number of hydrogen-bond donors (Lipinski definition) is 0. The zero-order valence-corrected chi connectivity index (χ0v) is 20.1. The summed E-state index contributed by atoms with van der Waals surface area (Å²) < 4.78 is 74.3. The van der Waals surface area contributed by atoms with Crippen molar-refractivity contribution in [2.24, 2.45) is 22.7 Å². The monoisotopic (exact) mass is 472 g/mol. The first-order valence-corrected chi connectivity index (χ1v) is 11.2. The van der Waals surface area contributed by atoms with E-state index in [-0.39, 0.29) is 12.3 Å². The summed E-state index contributed by atoms with van der Waals surface area (Å²) in [4.78, 5) is 26.1. The molecule has 0 amide bonds. The Balaban J connectivity index is 3.17. The SMILES string of the molecule is CCC(C(=O)OCC(F)(F)C(F)(F)F)C1(OC(=O)C(C)(CC(C)C)C(C)(C)C)CCCC1. The van der Waals surface area contributed by atoms with Crippen LogP contribution in [0.2, 0.25) is 0 Å². The van der Waals surface area contributed by atoms with Crippen LogP contribution >= 0.6 is 0 Å². The minimum Gasteiger partial charge on any atom is -0.459 e. The summed E-state index contributed by atoms with van der Waals surface area (Å²) in [5, 5.41) is 0. The van der Waals surface area contributed by atoms with Crippen LogP contribution in [0, 0.1) is 22.7 Å². The van der Waals surface area contributed by atoms with Crippen molar-refractivity contribution in [3.63, 3.8) is 0 Å². The highest BCUT2D eigenvalue weighted by atomic mass is 19.4. The average Bonchev–Trinajstić information content (AvgIpc) is 3.07. The van der Waals surface area contributed by atoms with Gasteiger partial charge in [-0.1, -0.05) is 41.5 Å². The van der Waals surface area contributed by atoms with E-state index >= 15 is 0 Å². The fourth-order valence-electron chi connectivity index (χ4n) is 4.40. The molecule has 1 fully saturated rings. The van der Waals surface area contributed by atoms with E-state index in [2.05, 4.69) is 4.74 Å². The maximum Gasteiger partial charge on any atom is 0.456 e. The van der Waals surface area contributed by atoms with E-state index in [0.29, 0.717) is 32.1 Å². The van der Waals surface area contributed by atoms with E-state index < -0.39 is 53.0 Å². The molecule has 0 heterocycles. The van der Waals surface area contributed by atoms with E-state index in [9.17, 15) is 31.5 Å². The molecule has 9 heteroatoms. The van der Waals surface area contributed by atoms with Crippen molar-refractivity contribution in [3.05, 3.63) is 0 Å². The first kappa shape index (κ1) is 28.6. The van der Waals surface area contributed by atoms with Crippen LogP contribution in [0.25, 0.3) is 0 Å². The van der Waals surface area contributed by atoms with Gasteiger partial charge in [0.05, 0.1) is 11.3 Å².